The van der Waals surface area contributed by atoms with E-state index in [9.17, 15) is 4.79 Å². The summed E-state index contributed by atoms with van der Waals surface area (Å²) in [4.78, 5) is 19.0. The van der Waals surface area contributed by atoms with E-state index in [2.05, 4.69) is 39.5 Å². The first-order chi connectivity index (χ1) is 12.2. The smallest absolute Gasteiger partial charge is 0.270 e. The molecule has 1 aliphatic rings. The topological polar surface area (TPSA) is 63.7 Å². The molecule has 2 aromatic rings. The lowest BCUT2D eigenvalue weighted by Gasteiger charge is -2.30. The summed E-state index contributed by atoms with van der Waals surface area (Å²) in [6.07, 6.45) is 0.517. The lowest BCUT2D eigenvalue weighted by Crippen LogP contribution is -2.35. The lowest BCUT2D eigenvalue weighted by molar-refractivity contribution is -0.0974. The number of nitrogens with zero attached hydrogens (tertiary/aromatic N) is 2. The van der Waals surface area contributed by atoms with Crippen molar-refractivity contribution in [2.75, 3.05) is 32.2 Å². The fraction of sp³-hybridized carbons (Fsp3) is 0.368. The number of anilines is 1. The summed E-state index contributed by atoms with van der Waals surface area (Å²) in [6.45, 7) is 1.98. The maximum absolute atomic E-state index is 12.3. The highest BCUT2D eigenvalue weighted by atomic mass is 16.7. The van der Waals surface area contributed by atoms with Gasteiger partial charge >= 0.3 is 0 Å². The minimum atomic E-state index is -0.467. The molecule has 0 aliphatic carbocycles. The van der Waals surface area contributed by atoms with E-state index < -0.39 is 6.29 Å². The number of pyridine rings is 1. The number of carbonyl (C=O) groups excluding carboxylic acids is 1. The predicted molar refractivity (Wildman–Crippen MR) is 95.6 cm³/mol. The van der Waals surface area contributed by atoms with Crippen molar-refractivity contribution in [1.82, 2.24) is 10.3 Å². The highest BCUT2D eigenvalue weighted by Crippen LogP contribution is 2.23. The van der Waals surface area contributed by atoms with E-state index in [0.717, 1.165) is 25.3 Å². The SMILES string of the molecule is COC(CNC(=O)c1cccc(N2CCc3ccccc3C2)n1)OC. The number of carbonyl (C=O) groups is 1. The second-order valence-electron chi connectivity index (χ2n) is 5.93. The van der Waals surface area contributed by atoms with Crippen LogP contribution in [0.25, 0.3) is 0 Å². The third-order valence-corrected chi connectivity index (χ3v) is 4.38. The summed E-state index contributed by atoms with van der Waals surface area (Å²) in [5.74, 6) is 0.579. The number of ether oxygens (including phenoxy) is 2. The zero-order valence-corrected chi connectivity index (χ0v) is 14.6. The standard InChI is InChI=1S/C19H23N3O3/c1-24-18(25-2)12-20-19(23)16-8-5-9-17(21-16)22-11-10-14-6-3-4-7-15(14)13-22/h3-9,18H,10-13H2,1-2H3,(H,20,23). The van der Waals surface area contributed by atoms with Crippen molar-refractivity contribution in [2.24, 2.45) is 0 Å². The number of benzene rings is 1. The molecular weight excluding hydrogens is 318 g/mol. The summed E-state index contributed by atoms with van der Waals surface area (Å²) in [6, 6.07) is 14.0. The normalized spacial score (nSPS) is 13.6. The molecule has 0 unspecified atom stereocenters. The Morgan fingerprint density at radius 3 is 2.68 bits per heavy atom. The van der Waals surface area contributed by atoms with E-state index in [0.29, 0.717) is 5.69 Å². The molecule has 0 saturated heterocycles. The highest BCUT2D eigenvalue weighted by Gasteiger charge is 2.18. The van der Waals surface area contributed by atoms with Crippen molar-refractivity contribution in [3.8, 4) is 0 Å². The number of amides is 1. The van der Waals surface area contributed by atoms with E-state index in [-0.39, 0.29) is 12.5 Å². The summed E-state index contributed by atoms with van der Waals surface area (Å²) in [7, 11) is 3.07. The Labute approximate surface area is 147 Å². The molecule has 2 heterocycles. The van der Waals surface area contributed by atoms with E-state index in [1.807, 2.05) is 12.1 Å². The fourth-order valence-electron chi connectivity index (χ4n) is 2.95. The number of fused-ring (bicyclic) bond motifs is 1. The maximum atomic E-state index is 12.3. The molecule has 0 radical (unpaired) electrons. The van der Waals surface area contributed by atoms with Crippen molar-refractivity contribution >= 4 is 11.7 Å². The molecule has 0 saturated carbocycles. The quantitative estimate of drug-likeness (QED) is 0.814. The number of methoxy groups -OCH3 is 2. The number of hydrogen-bond acceptors (Lipinski definition) is 5. The molecule has 1 aliphatic heterocycles. The highest BCUT2D eigenvalue weighted by molar-refractivity contribution is 5.92. The molecule has 132 valence electrons. The first-order valence-corrected chi connectivity index (χ1v) is 8.34. The van der Waals surface area contributed by atoms with Gasteiger partial charge < -0.3 is 19.7 Å². The molecule has 1 N–H and O–H groups in total. The van der Waals surface area contributed by atoms with Gasteiger partial charge in [0.1, 0.15) is 11.5 Å². The van der Waals surface area contributed by atoms with Gasteiger partial charge in [-0.1, -0.05) is 30.3 Å². The third-order valence-electron chi connectivity index (χ3n) is 4.38. The Hall–Kier alpha value is -2.44. The van der Waals surface area contributed by atoms with Crippen molar-refractivity contribution in [3.05, 3.63) is 59.3 Å². The second kappa shape index (κ2) is 8.09. The van der Waals surface area contributed by atoms with Gasteiger partial charge in [-0.05, 0) is 29.7 Å². The second-order valence-corrected chi connectivity index (χ2v) is 5.93. The van der Waals surface area contributed by atoms with E-state index in [1.54, 1.807) is 6.07 Å². The molecule has 6 heteroatoms. The van der Waals surface area contributed by atoms with Crippen LogP contribution in [0, 0.1) is 0 Å². The van der Waals surface area contributed by atoms with Crippen LogP contribution in [0.1, 0.15) is 21.6 Å². The molecule has 6 nitrogen and oxygen atoms in total. The average Bonchev–Trinajstić information content (AvgIpc) is 2.68. The van der Waals surface area contributed by atoms with Crippen LogP contribution in [-0.2, 0) is 22.4 Å². The molecule has 3 rings (SSSR count). The van der Waals surface area contributed by atoms with Crippen LogP contribution in [0.3, 0.4) is 0 Å². The maximum Gasteiger partial charge on any atom is 0.270 e. The van der Waals surface area contributed by atoms with Gasteiger partial charge in [0.2, 0.25) is 0 Å². The van der Waals surface area contributed by atoms with Crippen molar-refractivity contribution in [1.29, 1.82) is 0 Å². The zero-order valence-electron chi connectivity index (χ0n) is 14.6. The summed E-state index contributed by atoms with van der Waals surface area (Å²) in [5.41, 5.74) is 3.09. The van der Waals surface area contributed by atoms with Gasteiger partial charge in [0.25, 0.3) is 5.91 Å². The molecule has 0 spiro atoms. The Bertz CT molecular complexity index is 731. The van der Waals surface area contributed by atoms with Crippen molar-refractivity contribution < 1.29 is 14.3 Å². The molecule has 0 bridgehead atoms. The Morgan fingerprint density at radius 1 is 1.16 bits per heavy atom. The van der Waals surface area contributed by atoms with Crippen LogP contribution < -0.4 is 10.2 Å². The van der Waals surface area contributed by atoms with Gasteiger partial charge in [-0.15, -0.1) is 0 Å². The molecule has 1 aromatic carbocycles. The van der Waals surface area contributed by atoms with Gasteiger partial charge in [-0.2, -0.15) is 0 Å². The minimum absolute atomic E-state index is 0.238. The monoisotopic (exact) mass is 341 g/mol. The Balaban J connectivity index is 1.69. The predicted octanol–water partition coefficient (Wildman–Crippen LogP) is 1.99. The molecule has 0 fully saturated rings. The number of aromatic nitrogens is 1. The minimum Gasteiger partial charge on any atom is -0.354 e. The van der Waals surface area contributed by atoms with Crippen LogP contribution >= 0.6 is 0 Å². The van der Waals surface area contributed by atoms with Crippen LogP contribution in [0.4, 0.5) is 5.82 Å². The first kappa shape index (κ1) is 17.4. The van der Waals surface area contributed by atoms with Crippen LogP contribution in [-0.4, -0.2) is 44.5 Å². The average molecular weight is 341 g/mol. The van der Waals surface area contributed by atoms with Gasteiger partial charge in [0, 0.05) is 27.3 Å². The van der Waals surface area contributed by atoms with Gasteiger partial charge in [-0.25, -0.2) is 4.98 Å². The van der Waals surface area contributed by atoms with E-state index >= 15 is 0 Å². The van der Waals surface area contributed by atoms with Crippen LogP contribution in [0.5, 0.6) is 0 Å². The van der Waals surface area contributed by atoms with Crippen molar-refractivity contribution in [3.63, 3.8) is 0 Å². The summed E-state index contributed by atoms with van der Waals surface area (Å²) < 4.78 is 10.1. The molecular formula is C19H23N3O3. The molecule has 0 atom stereocenters. The number of rotatable bonds is 6. The third kappa shape index (κ3) is 4.15. The Kier molecular flexibility index (Phi) is 5.63. The van der Waals surface area contributed by atoms with Crippen LogP contribution in [0.15, 0.2) is 42.5 Å². The van der Waals surface area contributed by atoms with Gasteiger partial charge in [0.15, 0.2) is 6.29 Å². The van der Waals surface area contributed by atoms with Crippen molar-refractivity contribution in [2.45, 2.75) is 19.3 Å². The lowest BCUT2D eigenvalue weighted by atomic mass is 10.00. The zero-order chi connectivity index (χ0) is 17.6. The van der Waals surface area contributed by atoms with E-state index in [1.165, 1.54) is 25.3 Å². The van der Waals surface area contributed by atoms with Gasteiger partial charge in [0.05, 0.1) is 6.54 Å². The summed E-state index contributed by atoms with van der Waals surface area (Å²) >= 11 is 0. The largest absolute Gasteiger partial charge is 0.354 e. The summed E-state index contributed by atoms with van der Waals surface area (Å²) in [5, 5.41) is 2.78. The number of hydrogen-bond donors (Lipinski definition) is 1. The van der Waals surface area contributed by atoms with E-state index in [4.69, 9.17) is 9.47 Å². The molecule has 1 aromatic heterocycles. The molecule has 1 amide bonds. The number of nitrogens with one attached hydrogen (secondary N) is 1. The van der Waals surface area contributed by atoms with Crippen LogP contribution in [0.2, 0.25) is 0 Å². The molecule has 25 heavy (non-hydrogen) atoms. The first-order valence-electron chi connectivity index (χ1n) is 8.34. The Morgan fingerprint density at radius 2 is 1.92 bits per heavy atom. The fourth-order valence-corrected chi connectivity index (χ4v) is 2.95. The van der Waals surface area contributed by atoms with Gasteiger partial charge in [-0.3, -0.25) is 4.79 Å².